The standard InChI is InChI=1S/C49H53N7O7S2/c1-49(2)16-12-36(42(28-49)46-25-37(32-64-46)34-6-4-3-5-7-34)31-54-18-20-55(21-19-54)38-8-10-41(45(26-38)63-39-24-35-13-17-50-47(35)52-30-39)48(57)53-65(60,61)40-9-11-43(44(27-40)56(58)59)51-29-33-14-22-62-23-15-33/h3-11,13,17,24-27,30,32-33,51H,12,14-16,18-23,28-29,31H2,1-2H3,(H,50,52)(H,53,57). The van der Waals surface area contributed by atoms with Crippen molar-refractivity contribution in [2.75, 3.05) is 62.7 Å². The summed E-state index contributed by atoms with van der Waals surface area (Å²) >= 11 is 1.84. The van der Waals surface area contributed by atoms with Gasteiger partial charge < -0.3 is 24.7 Å². The van der Waals surface area contributed by atoms with Crippen LogP contribution in [-0.2, 0) is 14.8 Å². The Morgan fingerprint density at radius 1 is 1.00 bits per heavy atom. The zero-order chi connectivity index (χ0) is 45.1. The van der Waals surface area contributed by atoms with Crippen molar-refractivity contribution in [1.82, 2.24) is 19.6 Å². The lowest BCUT2D eigenvalue weighted by atomic mass is 9.73. The van der Waals surface area contributed by atoms with E-state index in [1.165, 1.54) is 45.5 Å². The number of amides is 1. The number of pyridine rings is 1. The Balaban J connectivity index is 0.924. The molecule has 0 bridgehead atoms. The van der Waals surface area contributed by atoms with Crippen LogP contribution in [0.5, 0.6) is 11.5 Å². The molecule has 0 saturated carbocycles. The largest absolute Gasteiger partial charge is 0.455 e. The summed E-state index contributed by atoms with van der Waals surface area (Å²) in [5.41, 5.74) is 6.97. The number of nitro groups is 1. The van der Waals surface area contributed by atoms with Gasteiger partial charge in [0.2, 0.25) is 0 Å². The van der Waals surface area contributed by atoms with Crippen LogP contribution in [-0.4, -0.2) is 86.6 Å². The Morgan fingerprint density at radius 2 is 1.80 bits per heavy atom. The zero-order valence-corrected chi connectivity index (χ0v) is 38.2. The number of carbonyl (C=O) groups is 1. The molecular formula is C49H53N7O7S2. The molecule has 0 atom stereocenters. The Morgan fingerprint density at radius 3 is 2.58 bits per heavy atom. The van der Waals surface area contributed by atoms with Crippen molar-refractivity contribution in [1.29, 1.82) is 0 Å². The van der Waals surface area contributed by atoms with Gasteiger partial charge in [-0.15, -0.1) is 11.3 Å². The quantitative estimate of drug-likeness (QED) is 0.0702. The van der Waals surface area contributed by atoms with E-state index >= 15 is 0 Å². The van der Waals surface area contributed by atoms with Crippen LogP contribution in [0.4, 0.5) is 17.1 Å². The number of carbonyl (C=O) groups excluding carboxylic acids is 1. The second-order valence-corrected chi connectivity index (χ2v) is 20.5. The van der Waals surface area contributed by atoms with Gasteiger partial charge in [-0.2, -0.15) is 0 Å². The molecule has 0 spiro atoms. The summed E-state index contributed by atoms with van der Waals surface area (Å²) in [7, 11) is -4.56. The highest BCUT2D eigenvalue weighted by Crippen LogP contribution is 2.45. The maximum Gasteiger partial charge on any atom is 0.293 e. The number of nitrogens with one attached hydrogen (secondary N) is 3. The van der Waals surface area contributed by atoms with E-state index in [2.05, 4.69) is 85.4 Å². The monoisotopic (exact) mass is 915 g/mol. The zero-order valence-electron chi connectivity index (χ0n) is 36.5. The molecule has 6 aromatic rings. The maximum atomic E-state index is 14.0. The number of aromatic nitrogens is 2. The SMILES string of the molecule is CC1(C)CCC(CN2CCN(c3ccc(C(=O)NS(=O)(=O)c4ccc(NCC5CCOCC5)c([N+](=O)[O-])c4)c(Oc4cnc5[nH]ccc5c4)c3)CC2)=C(c2cc(-c3ccccc3)cs2)C1. The van der Waals surface area contributed by atoms with Gasteiger partial charge in [0.05, 0.1) is 21.6 Å². The van der Waals surface area contributed by atoms with Crippen LogP contribution < -0.4 is 19.7 Å². The molecule has 2 saturated heterocycles. The molecule has 0 unspecified atom stereocenters. The minimum atomic E-state index is -4.56. The topological polar surface area (TPSA) is 172 Å². The molecule has 9 rings (SSSR count). The van der Waals surface area contributed by atoms with Crippen LogP contribution in [0, 0.1) is 21.4 Å². The van der Waals surface area contributed by atoms with E-state index in [0.717, 1.165) is 82.0 Å². The van der Waals surface area contributed by atoms with Gasteiger partial charge >= 0.3 is 0 Å². The van der Waals surface area contributed by atoms with Gasteiger partial charge in [-0.05, 0) is 108 Å². The van der Waals surface area contributed by atoms with Crippen molar-refractivity contribution in [3.05, 3.63) is 129 Å². The van der Waals surface area contributed by atoms with Crippen molar-refractivity contribution in [3.63, 3.8) is 0 Å². The fourth-order valence-corrected chi connectivity index (χ4v) is 11.0. The van der Waals surface area contributed by atoms with Gasteiger partial charge in [0.15, 0.2) is 0 Å². The number of sulfonamides is 1. The first-order valence-corrected chi connectivity index (χ1v) is 24.5. The molecule has 3 N–H and O–H groups in total. The average Bonchev–Trinajstić information content (AvgIpc) is 4.00. The number of thiophene rings is 1. The fourth-order valence-electron chi connectivity index (χ4n) is 8.98. The number of aromatic amines is 1. The summed E-state index contributed by atoms with van der Waals surface area (Å²) in [5.74, 6) is -0.176. The third-order valence-electron chi connectivity index (χ3n) is 12.8. The van der Waals surface area contributed by atoms with Crippen LogP contribution in [0.15, 0.2) is 113 Å². The van der Waals surface area contributed by atoms with Gasteiger partial charge in [-0.3, -0.25) is 19.8 Å². The number of rotatable bonds is 14. The number of nitrogens with zero attached hydrogens (tertiary/aromatic N) is 4. The number of allylic oxidation sites excluding steroid dienone is 1. The molecule has 0 radical (unpaired) electrons. The predicted molar refractivity (Wildman–Crippen MR) is 255 cm³/mol. The molecule has 65 heavy (non-hydrogen) atoms. The van der Waals surface area contributed by atoms with Gasteiger partial charge in [-0.25, -0.2) is 18.1 Å². The second kappa shape index (κ2) is 18.8. The summed E-state index contributed by atoms with van der Waals surface area (Å²) in [6.07, 6.45) is 8.22. The fraction of sp³-hybridized carbons (Fsp3) is 0.347. The number of hydrogen-bond donors (Lipinski definition) is 3. The summed E-state index contributed by atoms with van der Waals surface area (Å²) in [6.45, 7) is 10.5. The Hall–Kier alpha value is -6.07. The molecule has 3 aliphatic rings. The lowest BCUT2D eigenvalue weighted by molar-refractivity contribution is -0.384. The van der Waals surface area contributed by atoms with E-state index in [-0.39, 0.29) is 28.3 Å². The first-order chi connectivity index (χ1) is 31.4. The molecule has 14 nitrogen and oxygen atoms in total. The molecule has 3 aromatic heterocycles. The van der Waals surface area contributed by atoms with E-state index in [0.29, 0.717) is 31.2 Å². The van der Waals surface area contributed by atoms with E-state index in [9.17, 15) is 23.3 Å². The number of ether oxygens (including phenoxy) is 2. The van der Waals surface area contributed by atoms with Crippen molar-refractivity contribution in [2.24, 2.45) is 11.3 Å². The highest BCUT2D eigenvalue weighted by atomic mass is 32.2. The van der Waals surface area contributed by atoms with Crippen molar-refractivity contribution < 1.29 is 27.6 Å². The molecule has 1 aliphatic carbocycles. The van der Waals surface area contributed by atoms with Crippen molar-refractivity contribution in [3.8, 4) is 22.6 Å². The maximum absolute atomic E-state index is 14.0. The molecule has 2 aliphatic heterocycles. The minimum Gasteiger partial charge on any atom is -0.455 e. The van der Waals surface area contributed by atoms with Gasteiger partial charge in [0.1, 0.15) is 22.8 Å². The van der Waals surface area contributed by atoms with Crippen molar-refractivity contribution >= 4 is 60.9 Å². The van der Waals surface area contributed by atoms with Crippen molar-refractivity contribution in [2.45, 2.75) is 50.8 Å². The van der Waals surface area contributed by atoms with Crippen LogP contribution in [0.25, 0.3) is 27.7 Å². The van der Waals surface area contributed by atoms with Gasteiger partial charge in [0.25, 0.3) is 21.6 Å². The number of fused-ring (bicyclic) bond motifs is 1. The third-order valence-corrected chi connectivity index (χ3v) is 15.1. The van der Waals surface area contributed by atoms with Crippen LogP contribution >= 0.6 is 11.3 Å². The second-order valence-electron chi connectivity index (χ2n) is 17.9. The molecule has 2 fully saturated rings. The third kappa shape index (κ3) is 10.3. The van der Waals surface area contributed by atoms with Crippen LogP contribution in [0.2, 0.25) is 0 Å². The number of benzene rings is 3. The summed E-state index contributed by atoms with van der Waals surface area (Å²) < 4.78 is 41.3. The van der Waals surface area contributed by atoms with E-state index in [1.807, 2.05) is 17.4 Å². The first-order valence-electron chi connectivity index (χ1n) is 22.1. The Kier molecular flexibility index (Phi) is 12.8. The summed E-state index contributed by atoms with van der Waals surface area (Å²) in [5, 5.41) is 18.3. The highest BCUT2D eigenvalue weighted by Gasteiger charge is 2.31. The van der Waals surface area contributed by atoms with Crippen LogP contribution in [0.3, 0.4) is 0 Å². The minimum absolute atomic E-state index is 0.0296. The molecule has 16 heteroatoms. The molecular weight excluding hydrogens is 863 g/mol. The Bertz CT molecular complexity index is 2840. The van der Waals surface area contributed by atoms with Crippen LogP contribution in [0.1, 0.15) is 61.2 Å². The average molecular weight is 916 g/mol. The Labute approximate surface area is 382 Å². The number of H-pyrrole nitrogens is 1. The smallest absolute Gasteiger partial charge is 0.293 e. The lowest BCUT2D eigenvalue weighted by Crippen LogP contribution is -2.47. The van der Waals surface area contributed by atoms with E-state index in [4.69, 9.17) is 9.47 Å². The van der Waals surface area contributed by atoms with Gasteiger partial charge in [-0.1, -0.05) is 49.8 Å². The first kappa shape index (κ1) is 44.1. The molecule has 5 heterocycles. The number of hydrogen-bond acceptors (Lipinski definition) is 12. The number of nitro benzene ring substituents is 1. The predicted octanol–water partition coefficient (Wildman–Crippen LogP) is 9.73. The summed E-state index contributed by atoms with van der Waals surface area (Å²) in [4.78, 5) is 38.7. The molecule has 1 amide bonds. The number of anilines is 2. The number of piperazine rings is 1. The summed E-state index contributed by atoms with van der Waals surface area (Å²) in [6, 6.07) is 25.2. The lowest BCUT2D eigenvalue weighted by Gasteiger charge is -2.39. The normalized spacial score (nSPS) is 17.3. The van der Waals surface area contributed by atoms with Gasteiger partial charge in [0, 0.05) is 86.8 Å². The van der Waals surface area contributed by atoms with E-state index < -0.39 is 31.4 Å². The molecule has 3 aromatic carbocycles. The molecule has 338 valence electrons. The van der Waals surface area contributed by atoms with E-state index in [1.54, 1.807) is 30.5 Å². The highest BCUT2D eigenvalue weighted by molar-refractivity contribution is 7.90.